The molecule has 3 aromatic rings. The van der Waals surface area contributed by atoms with E-state index in [1.54, 1.807) is 53.4 Å². The van der Waals surface area contributed by atoms with Crippen molar-refractivity contribution < 1.29 is 18.0 Å². The number of hydrogen-bond donors (Lipinski definition) is 1. The maximum atomic E-state index is 13.5. The summed E-state index contributed by atoms with van der Waals surface area (Å²) in [5.74, 6) is -0.839. The quantitative estimate of drug-likeness (QED) is 0.507. The molecule has 1 fully saturated rings. The molecule has 0 aliphatic carbocycles. The van der Waals surface area contributed by atoms with Crippen LogP contribution in [0.1, 0.15) is 35.2 Å². The fourth-order valence-corrected chi connectivity index (χ4v) is 5.29. The van der Waals surface area contributed by atoms with E-state index >= 15 is 0 Å². The molecule has 4 rings (SSSR count). The number of carbonyl (C=O) groups excluding carboxylic acids is 2. The number of piperidine rings is 1. The number of nitrogens with one attached hydrogen (secondary N) is 1. The number of fused-ring (bicyclic) bond motifs is 1. The van der Waals surface area contributed by atoms with Gasteiger partial charge >= 0.3 is 10.2 Å². The standard InChI is InChI=1S/C25H27ClN4O4S/c1-28(2)35(33,34)30-17-18(19-10-5-7-13-23(19)30)16-22(25(32)29-14-8-3-9-15-29)27-24(31)20-11-4-6-12-21(20)26/h4-7,10-13,16-17H,3,8-9,14-15H2,1-2H3,(H,27,31). The maximum absolute atomic E-state index is 13.5. The summed E-state index contributed by atoms with van der Waals surface area (Å²) in [6.45, 7) is 1.18. The van der Waals surface area contributed by atoms with Gasteiger partial charge in [-0.2, -0.15) is 12.7 Å². The molecule has 0 atom stereocenters. The van der Waals surface area contributed by atoms with Gasteiger partial charge in [-0.25, -0.2) is 3.97 Å². The number of benzene rings is 2. The van der Waals surface area contributed by atoms with Gasteiger partial charge in [0.1, 0.15) is 5.70 Å². The molecule has 2 aromatic carbocycles. The predicted molar refractivity (Wildman–Crippen MR) is 137 cm³/mol. The molecule has 0 unspecified atom stereocenters. The Morgan fingerprint density at radius 1 is 1.00 bits per heavy atom. The van der Waals surface area contributed by atoms with E-state index in [9.17, 15) is 18.0 Å². The summed E-state index contributed by atoms with van der Waals surface area (Å²) in [5.41, 5.74) is 1.26. The topological polar surface area (TPSA) is 91.7 Å². The molecule has 2 amide bonds. The zero-order valence-corrected chi connectivity index (χ0v) is 21.1. The van der Waals surface area contributed by atoms with Crippen molar-refractivity contribution in [3.05, 3.63) is 76.6 Å². The lowest BCUT2D eigenvalue weighted by Crippen LogP contribution is -2.41. The molecular weight excluding hydrogens is 488 g/mol. The molecule has 0 bridgehead atoms. The molecule has 10 heteroatoms. The smallest absolute Gasteiger partial charge is 0.307 e. The third-order valence-electron chi connectivity index (χ3n) is 5.96. The van der Waals surface area contributed by atoms with Crippen molar-refractivity contribution in [1.29, 1.82) is 0 Å². The van der Waals surface area contributed by atoms with Gasteiger partial charge in [-0.05, 0) is 43.5 Å². The van der Waals surface area contributed by atoms with Crippen LogP contribution in [-0.4, -0.2) is 60.6 Å². The molecule has 2 heterocycles. The second-order valence-electron chi connectivity index (χ2n) is 8.53. The normalized spacial score (nSPS) is 15.0. The van der Waals surface area contributed by atoms with Gasteiger partial charge in [-0.15, -0.1) is 0 Å². The SMILES string of the molecule is CN(C)S(=O)(=O)n1cc(C=C(NC(=O)c2ccccc2Cl)C(=O)N2CCCCC2)c2ccccc21. The highest BCUT2D eigenvalue weighted by Gasteiger charge is 2.25. The Morgan fingerprint density at radius 2 is 1.66 bits per heavy atom. The highest BCUT2D eigenvalue weighted by atomic mass is 35.5. The van der Waals surface area contributed by atoms with E-state index in [0.29, 0.717) is 29.6 Å². The third-order valence-corrected chi connectivity index (χ3v) is 8.01. The van der Waals surface area contributed by atoms with E-state index in [4.69, 9.17) is 11.6 Å². The lowest BCUT2D eigenvalue weighted by Gasteiger charge is -2.27. The molecule has 0 saturated carbocycles. The number of amides is 2. The highest BCUT2D eigenvalue weighted by Crippen LogP contribution is 2.26. The summed E-state index contributed by atoms with van der Waals surface area (Å²) in [5, 5.41) is 3.63. The first-order valence-electron chi connectivity index (χ1n) is 11.3. The molecule has 1 saturated heterocycles. The zero-order valence-electron chi connectivity index (χ0n) is 19.6. The molecule has 1 aliphatic rings. The number of likely N-dealkylation sites (tertiary alicyclic amines) is 1. The van der Waals surface area contributed by atoms with Gasteiger partial charge in [-0.3, -0.25) is 9.59 Å². The number of rotatable bonds is 6. The minimum Gasteiger partial charge on any atom is -0.337 e. The van der Waals surface area contributed by atoms with Crippen LogP contribution in [-0.2, 0) is 15.0 Å². The summed E-state index contributed by atoms with van der Waals surface area (Å²) < 4.78 is 28.2. The van der Waals surface area contributed by atoms with Gasteiger partial charge in [-0.1, -0.05) is 41.9 Å². The fourth-order valence-electron chi connectivity index (χ4n) is 4.07. The Kier molecular flexibility index (Phi) is 7.30. The zero-order chi connectivity index (χ0) is 25.2. The molecule has 1 N–H and O–H groups in total. The number of carbonyl (C=O) groups is 2. The molecule has 0 radical (unpaired) electrons. The van der Waals surface area contributed by atoms with Crippen LogP contribution in [0.5, 0.6) is 0 Å². The van der Waals surface area contributed by atoms with Crippen LogP contribution < -0.4 is 5.32 Å². The van der Waals surface area contributed by atoms with E-state index in [1.807, 2.05) is 0 Å². The Hall–Kier alpha value is -3.14. The Morgan fingerprint density at radius 3 is 2.34 bits per heavy atom. The maximum Gasteiger partial charge on any atom is 0.307 e. The monoisotopic (exact) mass is 514 g/mol. The van der Waals surface area contributed by atoms with Crippen LogP contribution in [0.15, 0.2) is 60.4 Å². The van der Waals surface area contributed by atoms with Crippen molar-refractivity contribution in [3.63, 3.8) is 0 Å². The summed E-state index contributed by atoms with van der Waals surface area (Å²) in [6, 6.07) is 13.6. The van der Waals surface area contributed by atoms with Gasteiger partial charge in [0.15, 0.2) is 0 Å². The van der Waals surface area contributed by atoms with E-state index in [0.717, 1.165) is 23.6 Å². The van der Waals surface area contributed by atoms with Crippen LogP contribution in [0, 0.1) is 0 Å². The van der Waals surface area contributed by atoms with E-state index in [2.05, 4.69) is 5.32 Å². The van der Waals surface area contributed by atoms with Crippen molar-refractivity contribution in [2.45, 2.75) is 19.3 Å². The van der Waals surface area contributed by atoms with Crippen molar-refractivity contribution in [2.24, 2.45) is 0 Å². The largest absolute Gasteiger partial charge is 0.337 e. The van der Waals surface area contributed by atoms with Crippen molar-refractivity contribution in [3.8, 4) is 0 Å². The summed E-state index contributed by atoms with van der Waals surface area (Å²) in [4.78, 5) is 28.2. The number of para-hydroxylation sites is 1. The number of aromatic nitrogens is 1. The van der Waals surface area contributed by atoms with Crippen molar-refractivity contribution >= 4 is 50.6 Å². The van der Waals surface area contributed by atoms with Crippen molar-refractivity contribution in [2.75, 3.05) is 27.2 Å². The van der Waals surface area contributed by atoms with E-state index < -0.39 is 16.1 Å². The van der Waals surface area contributed by atoms with Crippen LogP contribution in [0.2, 0.25) is 5.02 Å². The van der Waals surface area contributed by atoms with Gasteiger partial charge in [0, 0.05) is 44.3 Å². The first kappa shape index (κ1) is 25.0. The lowest BCUT2D eigenvalue weighted by atomic mass is 10.1. The second kappa shape index (κ2) is 10.2. The van der Waals surface area contributed by atoms with Gasteiger partial charge < -0.3 is 10.2 Å². The third kappa shape index (κ3) is 5.12. The molecule has 184 valence electrons. The van der Waals surface area contributed by atoms with E-state index in [1.165, 1.54) is 30.3 Å². The molecule has 8 nitrogen and oxygen atoms in total. The van der Waals surface area contributed by atoms with Crippen LogP contribution in [0.4, 0.5) is 0 Å². The average Bonchev–Trinajstić information content (AvgIpc) is 3.23. The molecule has 0 spiro atoms. The molecular formula is C25H27ClN4O4S. The molecule has 35 heavy (non-hydrogen) atoms. The predicted octanol–water partition coefficient (Wildman–Crippen LogP) is 3.73. The van der Waals surface area contributed by atoms with Crippen LogP contribution >= 0.6 is 11.6 Å². The number of nitrogens with zero attached hydrogens (tertiary/aromatic N) is 3. The minimum absolute atomic E-state index is 0.0574. The highest BCUT2D eigenvalue weighted by molar-refractivity contribution is 7.87. The summed E-state index contributed by atoms with van der Waals surface area (Å²) >= 11 is 6.20. The average molecular weight is 515 g/mol. The summed E-state index contributed by atoms with van der Waals surface area (Å²) in [7, 11) is -0.904. The first-order valence-corrected chi connectivity index (χ1v) is 13.1. The van der Waals surface area contributed by atoms with Crippen molar-refractivity contribution in [1.82, 2.24) is 18.5 Å². The minimum atomic E-state index is -3.81. The Bertz CT molecular complexity index is 1410. The molecule has 1 aliphatic heterocycles. The van der Waals surface area contributed by atoms with Gasteiger partial charge in [0.2, 0.25) is 0 Å². The first-order chi connectivity index (χ1) is 16.7. The summed E-state index contributed by atoms with van der Waals surface area (Å²) in [6.07, 6.45) is 5.82. The fraction of sp³-hybridized carbons (Fsp3) is 0.280. The van der Waals surface area contributed by atoms with E-state index in [-0.39, 0.29) is 22.2 Å². The number of halogens is 1. The lowest BCUT2D eigenvalue weighted by molar-refractivity contribution is -0.128. The molecule has 1 aromatic heterocycles. The van der Waals surface area contributed by atoms with Crippen LogP contribution in [0.3, 0.4) is 0 Å². The number of hydrogen-bond acceptors (Lipinski definition) is 4. The van der Waals surface area contributed by atoms with Gasteiger partial charge in [0.05, 0.1) is 16.1 Å². The second-order valence-corrected chi connectivity index (χ2v) is 11.0. The van der Waals surface area contributed by atoms with Crippen LogP contribution in [0.25, 0.3) is 17.0 Å². The Balaban J connectivity index is 1.82. The van der Waals surface area contributed by atoms with Gasteiger partial charge in [0.25, 0.3) is 11.8 Å². The Labute approximate surface area is 210 Å².